The quantitative estimate of drug-likeness (QED) is 0.293. The van der Waals surface area contributed by atoms with Crippen LogP contribution in [0.4, 0.5) is 0 Å². The van der Waals surface area contributed by atoms with Gasteiger partial charge in [0.25, 0.3) is 0 Å². The number of benzene rings is 3. The Morgan fingerprint density at radius 2 is 1.69 bits per heavy atom. The van der Waals surface area contributed by atoms with Crippen molar-refractivity contribution in [3.8, 4) is 5.75 Å². The predicted octanol–water partition coefficient (Wildman–Crippen LogP) is 3.79. The average molecular weight is 641 g/mol. The lowest BCUT2D eigenvalue weighted by Gasteiger charge is -2.40. The van der Waals surface area contributed by atoms with Gasteiger partial charge in [0.15, 0.2) is 0 Å². The van der Waals surface area contributed by atoms with Gasteiger partial charge in [-0.25, -0.2) is 0 Å². The van der Waals surface area contributed by atoms with Gasteiger partial charge < -0.3 is 25.2 Å². The fraction of sp³-hybridized carbons (Fsp3) is 0.290. The smallest absolute Gasteiger partial charge is 0.247 e. The molecule has 0 radical (unpaired) electrons. The molecule has 0 fully saturated rings. The van der Waals surface area contributed by atoms with Crippen molar-refractivity contribution < 1.29 is 24.5 Å². The minimum atomic E-state index is -1.08. The Labute approximate surface area is 242 Å². The standard InChI is InChI=1S/C31H33IN2O5/c1-21-11-13-23(14-12-21)20-34(29(36)17-22-7-3-2-4-8-22)26-18-24(31(38)33-15-16-35)19-28(30(26)37)39-27-10-6-5-9-25(27)32/h2-14,19,26,28,30,35,37H,15-18,20H2,1H3,(H,33,38). The number of hydrogen-bond acceptors (Lipinski definition) is 5. The van der Waals surface area contributed by atoms with Crippen LogP contribution in [0, 0.1) is 10.5 Å². The molecule has 39 heavy (non-hydrogen) atoms. The molecule has 3 aromatic carbocycles. The number of aliphatic hydroxyl groups is 2. The van der Waals surface area contributed by atoms with E-state index in [0.717, 1.165) is 20.3 Å². The maximum Gasteiger partial charge on any atom is 0.247 e. The molecule has 0 saturated carbocycles. The van der Waals surface area contributed by atoms with E-state index in [1.54, 1.807) is 11.0 Å². The molecular formula is C31H33IN2O5. The Morgan fingerprint density at radius 3 is 2.38 bits per heavy atom. The highest BCUT2D eigenvalue weighted by atomic mass is 127. The third-order valence-electron chi connectivity index (χ3n) is 6.71. The first-order chi connectivity index (χ1) is 18.9. The highest BCUT2D eigenvalue weighted by molar-refractivity contribution is 14.1. The van der Waals surface area contributed by atoms with E-state index in [0.29, 0.717) is 11.3 Å². The summed E-state index contributed by atoms with van der Waals surface area (Å²) in [6, 6.07) is 24.1. The molecule has 7 nitrogen and oxygen atoms in total. The topological polar surface area (TPSA) is 99.1 Å². The number of nitrogens with zero attached hydrogens (tertiary/aromatic N) is 1. The van der Waals surface area contributed by atoms with Gasteiger partial charge in [0.2, 0.25) is 11.8 Å². The fourth-order valence-corrected chi connectivity index (χ4v) is 5.13. The Balaban J connectivity index is 1.69. The van der Waals surface area contributed by atoms with Crippen LogP contribution in [-0.4, -0.2) is 58.3 Å². The average Bonchev–Trinajstić information content (AvgIpc) is 2.94. The van der Waals surface area contributed by atoms with Crippen molar-refractivity contribution in [3.05, 3.63) is 111 Å². The second-order valence-corrected chi connectivity index (χ2v) is 10.8. The minimum Gasteiger partial charge on any atom is -0.482 e. The van der Waals surface area contributed by atoms with Gasteiger partial charge in [-0.1, -0.05) is 72.3 Å². The summed E-state index contributed by atoms with van der Waals surface area (Å²) in [5.74, 6) is 0.0637. The van der Waals surface area contributed by atoms with Gasteiger partial charge in [-0.05, 0) is 58.9 Å². The molecular weight excluding hydrogens is 607 g/mol. The van der Waals surface area contributed by atoms with E-state index in [9.17, 15) is 19.8 Å². The number of amides is 2. The Hall–Kier alpha value is -3.21. The Kier molecular flexibility index (Phi) is 10.1. The molecule has 204 valence electrons. The van der Waals surface area contributed by atoms with Gasteiger partial charge in [-0.15, -0.1) is 0 Å². The molecule has 0 bridgehead atoms. The maximum absolute atomic E-state index is 13.8. The van der Waals surface area contributed by atoms with Gasteiger partial charge in [0, 0.05) is 25.1 Å². The van der Waals surface area contributed by atoms with Crippen LogP contribution in [0.3, 0.4) is 0 Å². The second-order valence-electron chi connectivity index (χ2n) is 9.62. The largest absolute Gasteiger partial charge is 0.482 e. The normalized spacial score (nSPS) is 18.7. The van der Waals surface area contributed by atoms with Crippen LogP contribution in [0.1, 0.15) is 23.1 Å². The lowest BCUT2D eigenvalue weighted by Crippen LogP contribution is -2.55. The van der Waals surface area contributed by atoms with Crippen molar-refractivity contribution >= 4 is 34.4 Å². The number of carbonyl (C=O) groups is 2. The molecule has 8 heteroatoms. The third kappa shape index (κ3) is 7.68. The first-order valence-corrected chi connectivity index (χ1v) is 14.0. The van der Waals surface area contributed by atoms with E-state index in [1.165, 1.54) is 0 Å². The molecule has 3 N–H and O–H groups in total. The number of carbonyl (C=O) groups excluding carboxylic acids is 2. The zero-order valence-electron chi connectivity index (χ0n) is 21.8. The minimum absolute atomic E-state index is 0.103. The molecule has 0 heterocycles. The van der Waals surface area contributed by atoms with Crippen LogP contribution in [0.2, 0.25) is 0 Å². The van der Waals surface area contributed by atoms with Crippen LogP contribution in [0.25, 0.3) is 0 Å². The van der Waals surface area contributed by atoms with Gasteiger partial charge in [0.05, 0.1) is 22.6 Å². The Morgan fingerprint density at radius 1 is 1.00 bits per heavy atom. The van der Waals surface area contributed by atoms with E-state index in [1.807, 2.05) is 85.8 Å². The molecule has 4 rings (SSSR count). The number of aliphatic hydroxyl groups excluding tert-OH is 2. The van der Waals surface area contributed by atoms with Gasteiger partial charge >= 0.3 is 0 Å². The molecule has 3 unspecified atom stereocenters. The molecule has 0 aromatic heterocycles. The number of hydrogen-bond donors (Lipinski definition) is 3. The summed E-state index contributed by atoms with van der Waals surface area (Å²) in [5.41, 5.74) is 3.29. The zero-order valence-corrected chi connectivity index (χ0v) is 24.0. The number of nitrogens with one attached hydrogen (secondary N) is 1. The van der Waals surface area contributed by atoms with Crippen molar-refractivity contribution in [2.75, 3.05) is 13.2 Å². The van der Waals surface area contributed by atoms with Gasteiger partial charge in [0.1, 0.15) is 18.0 Å². The van der Waals surface area contributed by atoms with E-state index in [-0.39, 0.29) is 44.4 Å². The summed E-state index contributed by atoms with van der Waals surface area (Å²) in [4.78, 5) is 28.5. The second kappa shape index (κ2) is 13.7. The number of rotatable bonds is 10. The highest BCUT2D eigenvalue weighted by Crippen LogP contribution is 2.31. The fourth-order valence-electron chi connectivity index (χ4n) is 4.62. The summed E-state index contributed by atoms with van der Waals surface area (Å²) in [6.45, 7) is 2.19. The molecule has 3 aromatic rings. The molecule has 1 aliphatic rings. The van der Waals surface area contributed by atoms with Crippen molar-refractivity contribution in [2.45, 2.75) is 44.6 Å². The van der Waals surface area contributed by atoms with Gasteiger partial charge in [-0.2, -0.15) is 0 Å². The molecule has 2 amide bonds. The predicted molar refractivity (Wildman–Crippen MR) is 158 cm³/mol. The summed E-state index contributed by atoms with van der Waals surface area (Å²) < 4.78 is 7.09. The molecule has 0 aliphatic heterocycles. The number of aryl methyl sites for hydroxylation is 1. The zero-order chi connectivity index (χ0) is 27.8. The van der Waals surface area contributed by atoms with E-state index < -0.39 is 18.2 Å². The summed E-state index contributed by atoms with van der Waals surface area (Å²) >= 11 is 2.16. The summed E-state index contributed by atoms with van der Waals surface area (Å²) in [5, 5.41) is 23.5. The SMILES string of the molecule is Cc1ccc(CN(C(=O)Cc2ccccc2)C2CC(C(=O)NCCO)=CC(Oc3ccccc3I)C2O)cc1. The van der Waals surface area contributed by atoms with E-state index in [2.05, 4.69) is 27.9 Å². The lowest BCUT2D eigenvalue weighted by atomic mass is 9.87. The lowest BCUT2D eigenvalue weighted by molar-refractivity contribution is -0.138. The molecule has 0 spiro atoms. The van der Waals surface area contributed by atoms with Crippen molar-refractivity contribution in [1.29, 1.82) is 0 Å². The third-order valence-corrected chi connectivity index (χ3v) is 7.60. The number of halogens is 1. The molecule has 3 atom stereocenters. The van der Waals surface area contributed by atoms with Gasteiger partial charge in [-0.3, -0.25) is 9.59 Å². The summed E-state index contributed by atoms with van der Waals surface area (Å²) in [7, 11) is 0. The molecule has 0 saturated heterocycles. The van der Waals surface area contributed by atoms with Crippen molar-refractivity contribution in [3.63, 3.8) is 0 Å². The molecule has 1 aliphatic carbocycles. The van der Waals surface area contributed by atoms with E-state index >= 15 is 0 Å². The number of para-hydroxylation sites is 1. The maximum atomic E-state index is 13.8. The monoisotopic (exact) mass is 640 g/mol. The first kappa shape index (κ1) is 28.8. The van der Waals surface area contributed by atoms with Crippen LogP contribution < -0.4 is 10.1 Å². The van der Waals surface area contributed by atoms with Crippen LogP contribution in [0.15, 0.2) is 90.5 Å². The van der Waals surface area contributed by atoms with E-state index in [4.69, 9.17) is 4.74 Å². The Bertz CT molecular complexity index is 1300. The van der Waals surface area contributed by atoms with Crippen molar-refractivity contribution in [2.24, 2.45) is 0 Å². The van der Waals surface area contributed by atoms with Crippen LogP contribution in [0.5, 0.6) is 5.75 Å². The number of ether oxygens (including phenoxy) is 1. The summed E-state index contributed by atoms with van der Waals surface area (Å²) in [6.07, 6.45) is -0.00677. The first-order valence-electron chi connectivity index (χ1n) is 12.9. The van der Waals surface area contributed by atoms with Crippen molar-refractivity contribution in [1.82, 2.24) is 10.2 Å². The van der Waals surface area contributed by atoms with Crippen LogP contribution in [-0.2, 0) is 22.6 Å². The highest BCUT2D eigenvalue weighted by Gasteiger charge is 2.40. The van der Waals surface area contributed by atoms with Crippen LogP contribution >= 0.6 is 22.6 Å².